The molecule has 2 heterocycles. The molecule has 168 valence electrons. The first-order valence-electron chi connectivity index (χ1n) is 10.2. The highest BCUT2D eigenvalue weighted by Gasteiger charge is 2.31. The largest absolute Gasteiger partial charge is 0.492 e. The number of hydrogen-bond donors (Lipinski definition) is 0. The van der Waals surface area contributed by atoms with E-state index in [2.05, 4.69) is 26.1 Å². The van der Waals surface area contributed by atoms with E-state index in [-0.39, 0.29) is 10.7 Å². The van der Waals surface area contributed by atoms with Gasteiger partial charge in [0.1, 0.15) is 16.5 Å². The minimum absolute atomic E-state index is 0.158. The molecule has 0 bridgehead atoms. The third-order valence-electron chi connectivity index (χ3n) is 5.18. The van der Waals surface area contributed by atoms with Gasteiger partial charge < -0.3 is 9.64 Å². The maximum atomic E-state index is 13.3. The minimum Gasteiger partial charge on any atom is -0.492 e. The van der Waals surface area contributed by atoms with Crippen LogP contribution >= 0.6 is 15.9 Å². The number of nitrogens with zero attached hydrogens (tertiary/aromatic N) is 4. The Kier molecular flexibility index (Phi) is 6.73. The van der Waals surface area contributed by atoms with Crippen molar-refractivity contribution in [2.45, 2.75) is 11.8 Å². The number of sulfonamides is 1. The Morgan fingerprint density at radius 1 is 1.00 bits per heavy atom. The fourth-order valence-corrected chi connectivity index (χ4v) is 5.62. The second-order valence-corrected chi connectivity index (χ2v) is 10.0. The highest BCUT2D eigenvalue weighted by Crippen LogP contribution is 2.31. The van der Waals surface area contributed by atoms with Gasteiger partial charge in [-0.15, -0.1) is 10.2 Å². The Morgan fingerprint density at radius 3 is 2.34 bits per heavy atom. The summed E-state index contributed by atoms with van der Waals surface area (Å²) in [7, 11) is -3.70. The van der Waals surface area contributed by atoms with Crippen molar-refractivity contribution in [1.29, 1.82) is 0 Å². The molecule has 1 fully saturated rings. The smallest absolute Gasteiger partial charge is 0.246 e. The van der Waals surface area contributed by atoms with E-state index in [0.29, 0.717) is 54.5 Å². The SMILES string of the molecule is CCOc1ccc(Br)cc1S(=O)(=O)N1CCN(c2ccc(-c3ccc(F)cc3)nn2)CC1. The molecular weight excluding hydrogens is 499 g/mol. The summed E-state index contributed by atoms with van der Waals surface area (Å²) in [6, 6.07) is 14.7. The zero-order chi connectivity index (χ0) is 22.7. The molecule has 0 radical (unpaired) electrons. The van der Waals surface area contributed by atoms with Crippen LogP contribution in [0.5, 0.6) is 5.75 Å². The summed E-state index contributed by atoms with van der Waals surface area (Å²) in [6.07, 6.45) is 0. The highest BCUT2D eigenvalue weighted by molar-refractivity contribution is 9.10. The van der Waals surface area contributed by atoms with E-state index in [1.54, 1.807) is 30.3 Å². The number of halogens is 2. The van der Waals surface area contributed by atoms with Crippen LogP contribution in [0.15, 0.2) is 64.0 Å². The molecule has 3 aromatic rings. The van der Waals surface area contributed by atoms with Gasteiger partial charge in [0.25, 0.3) is 0 Å². The van der Waals surface area contributed by atoms with Crippen molar-refractivity contribution in [3.63, 3.8) is 0 Å². The molecule has 1 aromatic heterocycles. The molecule has 2 aromatic carbocycles. The van der Waals surface area contributed by atoms with E-state index in [4.69, 9.17) is 4.74 Å². The summed E-state index contributed by atoms with van der Waals surface area (Å²) in [5.74, 6) is 0.716. The van der Waals surface area contributed by atoms with Crippen molar-refractivity contribution in [3.05, 3.63) is 64.9 Å². The topological polar surface area (TPSA) is 75.6 Å². The van der Waals surface area contributed by atoms with Crippen molar-refractivity contribution in [3.8, 4) is 17.0 Å². The maximum absolute atomic E-state index is 13.3. The first kappa shape index (κ1) is 22.6. The third kappa shape index (κ3) is 4.77. The van der Waals surface area contributed by atoms with Gasteiger partial charge in [-0.1, -0.05) is 15.9 Å². The molecule has 1 saturated heterocycles. The number of aromatic nitrogens is 2. The fraction of sp³-hybridized carbons (Fsp3) is 0.273. The Bertz CT molecular complexity index is 1180. The lowest BCUT2D eigenvalue weighted by molar-refractivity contribution is 0.327. The van der Waals surface area contributed by atoms with Gasteiger partial charge >= 0.3 is 0 Å². The van der Waals surface area contributed by atoms with Gasteiger partial charge in [0, 0.05) is 36.2 Å². The molecule has 0 saturated carbocycles. The summed E-state index contributed by atoms with van der Waals surface area (Å²) in [6.45, 7) is 3.82. The predicted octanol–water partition coefficient (Wildman–Crippen LogP) is 3.95. The van der Waals surface area contributed by atoms with Crippen molar-refractivity contribution < 1.29 is 17.5 Å². The number of piperazine rings is 1. The molecule has 0 amide bonds. The average Bonchev–Trinajstić information content (AvgIpc) is 2.81. The molecule has 10 heteroatoms. The molecule has 7 nitrogen and oxygen atoms in total. The maximum Gasteiger partial charge on any atom is 0.246 e. The lowest BCUT2D eigenvalue weighted by atomic mass is 10.1. The normalized spacial score (nSPS) is 15.0. The summed E-state index contributed by atoms with van der Waals surface area (Å²) in [5.41, 5.74) is 1.42. The average molecular weight is 521 g/mol. The van der Waals surface area contributed by atoms with Crippen LogP contribution in [0.25, 0.3) is 11.3 Å². The van der Waals surface area contributed by atoms with Crippen LogP contribution in [0.4, 0.5) is 10.2 Å². The number of anilines is 1. The van der Waals surface area contributed by atoms with Gasteiger partial charge in [-0.25, -0.2) is 12.8 Å². The Morgan fingerprint density at radius 2 is 1.72 bits per heavy atom. The molecule has 1 aliphatic heterocycles. The Hall–Kier alpha value is -2.56. The summed E-state index contributed by atoms with van der Waals surface area (Å²) >= 11 is 3.35. The third-order valence-corrected chi connectivity index (χ3v) is 7.59. The molecule has 0 N–H and O–H groups in total. The van der Waals surface area contributed by atoms with Gasteiger partial charge in [0.05, 0.1) is 12.3 Å². The lowest BCUT2D eigenvalue weighted by Crippen LogP contribution is -2.49. The van der Waals surface area contributed by atoms with Crippen LogP contribution in [0, 0.1) is 5.82 Å². The van der Waals surface area contributed by atoms with Crippen LogP contribution in [0.3, 0.4) is 0 Å². The number of ether oxygens (including phenoxy) is 1. The lowest BCUT2D eigenvalue weighted by Gasteiger charge is -2.34. The van der Waals surface area contributed by atoms with Crippen molar-refractivity contribution in [1.82, 2.24) is 14.5 Å². The summed E-state index contributed by atoms with van der Waals surface area (Å²) < 4.78 is 47.3. The standard InChI is InChI=1S/C22H22BrFN4O3S/c1-2-31-20-9-5-17(23)15-21(20)32(29,30)28-13-11-27(12-14-28)22-10-8-19(25-26-22)16-3-6-18(24)7-4-16/h3-10,15H,2,11-14H2,1H3. The van der Waals surface area contributed by atoms with Gasteiger partial charge in [-0.05, 0) is 61.5 Å². The highest BCUT2D eigenvalue weighted by atomic mass is 79.9. The van der Waals surface area contributed by atoms with E-state index in [1.165, 1.54) is 16.4 Å². The van der Waals surface area contributed by atoms with Crippen molar-refractivity contribution >= 4 is 31.8 Å². The van der Waals surface area contributed by atoms with Gasteiger partial charge in [0.15, 0.2) is 5.82 Å². The molecule has 4 rings (SSSR count). The predicted molar refractivity (Wildman–Crippen MR) is 124 cm³/mol. The molecule has 32 heavy (non-hydrogen) atoms. The van der Waals surface area contributed by atoms with E-state index in [1.807, 2.05) is 24.0 Å². The zero-order valence-electron chi connectivity index (χ0n) is 17.4. The molecule has 0 unspecified atom stereocenters. The van der Waals surface area contributed by atoms with Crippen molar-refractivity contribution in [2.24, 2.45) is 0 Å². The quantitative estimate of drug-likeness (QED) is 0.489. The van der Waals surface area contributed by atoms with E-state index in [9.17, 15) is 12.8 Å². The molecule has 0 spiro atoms. The first-order chi connectivity index (χ1) is 15.4. The van der Waals surface area contributed by atoms with Crippen LogP contribution in [0.1, 0.15) is 6.92 Å². The zero-order valence-corrected chi connectivity index (χ0v) is 19.8. The van der Waals surface area contributed by atoms with E-state index >= 15 is 0 Å². The number of rotatable bonds is 6. The van der Waals surface area contributed by atoms with Gasteiger partial charge in [-0.2, -0.15) is 4.31 Å². The Labute approximate surface area is 195 Å². The summed E-state index contributed by atoms with van der Waals surface area (Å²) in [5, 5.41) is 8.53. The van der Waals surface area contributed by atoms with Crippen molar-refractivity contribution in [2.75, 3.05) is 37.7 Å². The second kappa shape index (κ2) is 9.51. The molecule has 0 aliphatic carbocycles. The van der Waals surface area contributed by atoms with E-state index < -0.39 is 10.0 Å². The minimum atomic E-state index is -3.70. The molecule has 1 aliphatic rings. The fourth-order valence-electron chi connectivity index (χ4n) is 3.52. The Balaban J connectivity index is 1.46. The number of hydrogen-bond acceptors (Lipinski definition) is 6. The molecular formula is C22H22BrFN4O3S. The van der Waals surface area contributed by atoms with E-state index in [0.717, 1.165) is 5.56 Å². The van der Waals surface area contributed by atoms with Crippen LogP contribution in [-0.4, -0.2) is 55.7 Å². The van der Waals surface area contributed by atoms with Gasteiger partial charge in [0.2, 0.25) is 10.0 Å². The van der Waals surface area contributed by atoms with Crippen LogP contribution in [0.2, 0.25) is 0 Å². The first-order valence-corrected chi connectivity index (χ1v) is 12.4. The number of benzene rings is 2. The summed E-state index contributed by atoms with van der Waals surface area (Å²) in [4.78, 5) is 2.16. The van der Waals surface area contributed by atoms with Gasteiger partial charge in [-0.3, -0.25) is 0 Å². The monoisotopic (exact) mass is 520 g/mol. The van der Waals surface area contributed by atoms with Crippen LogP contribution in [-0.2, 0) is 10.0 Å². The second-order valence-electron chi connectivity index (χ2n) is 7.20. The van der Waals surface area contributed by atoms with Crippen LogP contribution < -0.4 is 9.64 Å². The molecule has 0 atom stereocenters.